The van der Waals surface area contributed by atoms with Gasteiger partial charge in [0.2, 0.25) is 5.75 Å². The molecule has 1 aliphatic rings. The Bertz CT molecular complexity index is 1110. The number of hydrogen-bond donors (Lipinski definition) is 1. The highest BCUT2D eigenvalue weighted by Crippen LogP contribution is 2.46. The van der Waals surface area contributed by atoms with Gasteiger partial charge in [0.05, 0.1) is 71.2 Å². The number of methoxy groups -OCH3 is 4. The van der Waals surface area contributed by atoms with Crippen LogP contribution in [0.5, 0.6) is 17.2 Å². The lowest BCUT2D eigenvalue weighted by molar-refractivity contribution is -0.905. The Balaban J connectivity index is 0.00000289. The molecule has 0 spiro atoms. The summed E-state index contributed by atoms with van der Waals surface area (Å²) < 4.78 is 24.3. The monoisotopic (exact) mass is 462 g/mol. The molecule has 0 saturated carbocycles. The van der Waals surface area contributed by atoms with E-state index in [9.17, 15) is 4.79 Å². The Hall–Kier alpha value is -2.64. The molecule has 2 aromatic carbocycles. The first kappa shape index (κ1) is 24.0. The zero-order valence-electron chi connectivity index (χ0n) is 19.1. The van der Waals surface area contributed by atoms with Crippen molar-refractivity contribution in [2.45, 2.75) is 25.8 Å². The molecule has 0 bridgehead atoms. The van der Waals surface area contributed by atoms with E-state index in [1.165, 1.54) is 39.5 Å². The highest BCUT2D eigenvalue weighted by Gasteiger charge is 2.24. The smallest absolute Gasteiger partial charge is 0.337 e. The second kappa shape index (κ2) is 10.3. The molecule has 0 unspecified atom stereocenters. The molecule has 1 aliphatic heterocycles. The number of nitrogens with zero attached hydrogens (tertiary/aromatic N) is 1. The van der Waals surface area contributed by atoms with Gasteiger partial charge in [-0.3, -0.25) is 0 Å². The van der Waals surface area contributed by atoms with Crippen LogP contribution in [0.25, 0.3) is 21.8 Å². The fourth-order valence-corrected chi connectivity index (χ4v) is 4.77. The average Bonchev–Trinajstić information content (AvgIpc) is 3.13. The summed E-state index contributed by atoms with van der Waals surface area (Å²) in [6.07, 6.45) is 3.89. The average molecular weight is 463 g/mol. The number of halogens is 1. The number of ether oxygens (including phenoxy) is 4. The van der Waals surface area contributed by atoms with Crippen molar-refractivity contribution in [3.8, 4) is 17.2 Å². The van der Waals surface area contributed by atoms with Crippen LogP contribution in [-0.4, -0.2) is 58.6 Å². The molecule has 3 aromatic rings. The standard InChI is InChI=1S/C24H30N2O5.ClH/c1-28-20-15-18-17-9-8-16(24(27)31-4)14-19(17)26(13-12-25-10-6-5-7-11-25)21(18)23(30-3)22(20)29-2;/h8-9,14-15H,5-7,10-13H2,1-4H3;1H. The van der Waals surface area contributed by atoms with E-state index in [0.29, 0.717) is 22.8 Å². The van der Waals surface area contributed by atoms with Crippen LogP contribution in [0, 0.1) is 0 Å². The number of nitrogens with one attached hydrogen (secondary N) is 1. The maximum absolute atomic E-state index is 12.2. The van der Waals surface area contributed by atoms with E-state index in [1.54, 1.807) is 32.3 Å². The van der Waals surface area contributed by atoms with E-state index >= 15 is 0 Å². The van der Waals surface area contributed by atoms with Crippen LogP contribution >= 0.6 is 0 Å². The molecule has 1 aromatic heterocycles. The minimum atomic E-state index is -0.345. The van der Waals surface area contributed by atoms with Crippen molar-refractivity contribution in [3.63, 3.8) is 0 Å². The lowest BCUT2D eigenvalue weighted by Gasteiger charge is -2.24. The second-order valence-electron chi connectivity index (χ2n) is 7.98. The lowest BCUT2D eigenvalue weighted by atomic mass is 10.1. The van der Waals surface area contributed by atoms with Gasteiger partial charge in [-0.05, 0) is 37.5 Å². The highest BCUT2D eigenvalue weighted by molar-refractivity contribution is 6.13. The first-order chi connectivity index (χ1) is 15.1. The van der Waals surface area contributed by atoms with E-state index in [4.69, 9.17) is 18.9 Å². The number of rotatable bonds is 7. The van der Waals surface area contributed by atoms with Gasteiger partial charge in [-0.25, -0.2) is 4.79 Å². The van der Waals surface area contributed by atoms with Crippen molar-refractivity contribution < 1.29 is 41.0 Å². The molecule has 1 N–H and O–H groups in total. The fourth-order valence-electron chi connectivity index (χ4n) is 4.77. The summed E-state index contributed by atoms with van der Waals surface area (Å²) in [7, 11) is 6.29. The zero-order valence-corrected chi connectivity index (χ0v) is 19.9. The molecule has 1 saturated heterocycles. The topological polar surface area (TPSA) is 63.4 Å². The van der Waals surface area contributed by atoms with Crippen LogP contribution in [0.3, 0.4) is 0 Å². The summed E-state index contributed by atoms with van der Waals surface area (Å²) in [5.41, 5.74) is 2.46. The van der Waals surface area contributed by atoms with Crippen molar-refractivity contribution in [3.05, 3.63) is 29.8 Å². The van der Waals surface area contributed by atoms with Gasteiger partial charge in [0, 0.05) is 10.8 Å². The van der Waals surface area contributed by atoms with E-state index in [1.807, 2.05) is 18.2 Å². The quantitative estimate of drug-likeness (QED) is 0.488. The van der Waals surface area contributed by atoms with Crippen molar-refractivity contribution in [2.24, 2.45) is 0 Å². The Morgan fingerprint density at radius 3 is 2.28 bits per heavy atom. The van der Waals surface area contributed by atoms with E-state index in [2.05, 4.69) is 4.57 Å². The van der Waals surface area contributed by atoms with Gasteiger partial charge in [-0.1, -0.05) is 6.07 Å². The normalized spacial score (nSPS) is 14.2. The summed E-state index contributed by atoms with van der Waals surface area (Å²) in [5.74, 6) is 1.48. The van der Waals surface area contributed by atoms with Crippen LogP contribution in [0.15, 0.2) is 24.3 Å². The van der Waals surface area contributed by atoms with Gasteiger partial charge in [0.1, 0.15) is 0 Å². The number of quaternary nitrogens is 1. The minimum Gasteiger partial charge on any atom is -1.00 e. The second-order valence-corrected chi connectivity index (χ2v) is 7.98. The van der Waals surface area contributed by atoms with Gasteiger partial charge in [0.25, 0.3) is 0 Å². The predicted molar refractivity (Wildman–Crippen MR) is 120 cm³/mol. The third-order valence-corrected chi connectivity index (χ3v) is 6.32. The summed E-state index contributed by atoms with van der Waals surface area (Å²) >= 11 is 0. The van der Waals surface area contributed by atoms with Crippen LogP contribution < -0.4 is 31.5 Å². The van der Waals surface area contributed by atoms with Crippen LogP contribution in [0.1, 0.15) is 29.6 Å². The number of piperidine rings is 1. The summed E-state index contributed by atoms with van der Waals surface area (Å²) in [5, 5.41) is 2.05. The lowest BCUT2D eigenvalue weighted by Crippen LogP contribution is -3.13. The maximum Gasteiger partial charge on any atom is 0.337 e. The Labute approximate surface area is 194 Å². The van der Waals surface area contributed by atoms with Gasteiger partial charge in [-0.15, -0.1) is 0 Å². The number of benzene rings is 2. The Morgan fingerprint density at radius 1 is 0.938 bits per heavy atom. The third-order valence-electron chi connectivity index (χ3n) is 6.32. The molecule has 8 heteroatoms. The molecule has 0 atom stereocenters. The summed E-state index contributed by atoms with van der Waals surface area (Å²) in [6.45, 7) is 4.24. The Kier molecular flexibility index (Phi) is 7.74. The molecule has 0 amide bonds. The molecule has 32 heavy (non-hydrogen) atoms. The molecule has 0 aliphatic carbocycles. The zero-order chi connectivity index (χ0) is 22.0. The summed E-state index contributed by atoms with van der Waals surface area (Å²) in [6, 6.07) is 7.67. The van der Waals surface area contributed by atoms with Crippen LogP contribution in [0.4, 0.5) is 0 Å². The number of hydrogen-bond acceptors (Lipinski definition) is 5. The van der Waals surface area contributed by atoms with Crippen molar-refractivity contribution in [1.82, 2.24) is 4.57 Å². The molecule has 174 valence electrons. The molecule has 7 nitrogen and oxygen atoms in total. The largest absolute Gasteiger partial charge is 1.00 e. The Morgan fingerprint density at radius 2 is 1.66 bits per heavy atom. The fraction of sp³-hybridized carbons (Fsp3) is 0.458. The van der Waals surface area contributed by atoms with E-state index in [-0.39, 0.29) is 18.4 Å². The molecular weight excluding hydrogens is 432 g/mol. The number of fused-ring (bicyclic) bond motifs is 3. The number of likely N-dealkylation sites (tertiary alicyclic amines) is 1. The third kappa shape index (κ3) is 4.19. The molecule has 2 heterocycles. The van der Waals surface area contributed by atoms with E-state index < -0.39 is 0 Å². The van der Waals surface area contributed by atoms with Gasteiger partial charge >= 0.3 is 5.97 Å². The van der Waals surface area contributed by atoms with Gasteiger partial charge < -0.3 is 40.8 Å². The highest BCUT2D eigenvalue weighted by atomic mass is 35.5. The van der Waals surface area contributed by atoms with Crippen LogP contribution in [-0.2, 0) is 11.3 Å². The van der Waals surface area contributed by atoms with Gasteiger partial charge in [-0.2, -0.15) is 0 Å². The van der Waals surface area contributed by atoms with Crippen LogP contribution in [0.2, 0.25) is 0 Å². The molecule has 4 rings (SSSR count). The van der Waals surface area contributed by atoms with Gasteiger partial charge in [0.15, 0.2) is 11.5 Å². The molecule has 0 radical (unpaired) electrons. The minimum absolute atomic E-state index is 0. The van der Waals surface area contributed by atoms with E-state index in [0.717, 1.165) is 34.9 Å². The molecule has 1 fully saturated rings. The maximum atomic E-state index is 12.2. The first-order valence-corrected chi connectivity index (χ1v) is 10.8. The number of carbonyl (C=O) groups excluding carboxylic acids is 1. The number of aromatic nitrogens is 1. The summed E-state index contributed by atoms with van der Waals surface area (Å²) in [4.78, 5) is 13.8. The predicted octanol–water partition coefficient (Wildman–Crippen LogP) is -0.320. The number of esters is 1. The molecular formula is C24H31ClN2O5. The first-order valence-electron chi connectivity index (χ1n) is 10.8. The SMILES string of the molecule is COC(=O)c1ccc2c3cc(OC)c(OC)c(OC)c3n(CC[NH+]3CCCCC3)c2c1.[Cl-]. The number of carbonyl (C=O) groups is 1. The van der Waals surface area contributed by atoms with Crippen molar-refractivity contribution >= 4 is 27.8 Å². The van der Waals surface area contributed by atoms with Crippen molar-refractivity contribution in [2.75, 3.05) is 48.1 Å². The van der Waals surface area contributed by atoms with Crippen molar-refractivity contribution in [1.29, 1.82) is 0 Å².